The smallest absolute Gasteiger partial charge is 0.151 e. The first-order valence-corrected chi connectivity index (χ1v) is 6.42. The summed E-state index contributed by atoms with van der Waals surface area (Å²) in [4.78, 5) is 17.1. The van der Waals surface area contributed by atoms with Gasteiger partial charge in [0, 0.05) is 25.4 Å². The first kappa shape index (κ1) is 12.1. The van der Waals surface area contributed by atoms with Crippen LogP contribution in [0, 0.1) is 5.92 Å². The molecule has 1 aromatic heterocycles. The van der Waals surface area contributed by atoms with Crippen LogP contribution in [0.15, 0.2) is 18.3 Å². The molecule has 3 heteroatoms. The van der Waals surface area contributed by atoms with Crippen molar-refractivity contribution in [2.45, 2.75) is 32.1 Å². The zero-order valence-electron chi connectivity index (χ0n) is 10.4. The van der Waals surface area contributed by atoms with Crippen molar-refractivity contribution in [2.24, 2.45) is 5.92 Å². The SMILES string of the molecule is CN(CC1CCCCC1)c1ccc(C=O)cn1. The average molecular weight is 232 g/mol. The highest BCUT2D eigenvalue weighted by atomic mass is 16.1. The lowest BCUT2D eigenvalue weighted by atomic mass is 9.89. The highest BCUT2D eigenvalue weighted by Crippen LogP contribution is 2.25. The lowest BCUT2D eigenvalue weighted by Crippen LogP contribution is -2.27. The molecule has 0 unspecified atom stereocenters. The minimum Gasteiger partial charge on any atom is -0.359 e. The third-order valence-electron chi connectivity index (χ3n) is 3.55. The van der Waals surface area contributed by atoms with Gasteiger partial charge in [-0.25, -0.2) is 4.98 Å². The molecule has 1 heterocycles. The van der Waals surface area contributed by atoms with Gasteiger partial charge in [0.05, 0.1) is 0 Å². The van der Waals surface area contributed by atoms with Crippen molar-refractivity contribution in [2.75, 3.05) is 18.5 Å². The lowest BCUT2D eigenvalue weighted by Gasteiger charge is -2.27. The van der Waals surface area contributed by atoms with Gasteiger partial charge < -0.3 is 4.90 Å². The molecule has 0 amide bonds. The second kappa shape index (κ2) is 5.80. The van der Waals surface area contributed by atoms with Crippen molar-refractivity contribution >= 4 is 12.1 Å². The normalized spacial score (nSPS) is 16.8. The molecule has 1 fully saturated rings. The number of hydrogen-bond donors (Lipinski definition) is 0. The van der Waals surface area contributed by atoms with Crippen LogP contribution in [0.2, 0.25) is 0 Å². The van der Waals surface area contributed by atoms with E-state index in [1.807, 2.05) is 12.1 Å². The molecular formula is C14H20N2O. The van der Waals surface area contributed by atoms with Gasteiger partial charge in [0.1, 0.15) is 5.82 Å². The molecule has 0 saturated heterocycles. The Morgan fingerprint density at radius 1 is 1.35 bits per heavy atom. The first-order valence-electron chi connectivity index (χ1n) is 6.42. The quantitative estimate of drug-likeness (QED) is 0.748. The van der Waals surface area contributed by atoms with Gasteiger partial charge in [0.2, 0.25) is 0 Å². The topological polar surface area (TPSA) is 33.2 Å². The maximum absolute atomic E-state index is 10.6. The largest absolute Gasteiger partial charge is 0.359 e. The van der Waals surface area contributed by atoms with Gasteiger partial charge in [-0.3, -0.25) is 4.79 Å². The van der Waals surface area contributed by atoms with Gasteiger partial charge in [0.25, 0.3) is 0 Å². The van der Waals surface area contributed by atoms with Crippen molar-refractivity contribution in [3.8, 4) is 0 Å². The van der Waals surface area contributed by atoms with Crippen LogP contribution in [0.5, 0.6) is 0 Å². The van der Waals surface area contributed by atoms with Crippen LogP contribution < -0.4 is 4.90 Å². The Balaban J connectivity index is 1.93. The molecule has 0 N–H and O–H groups in total. The van der Waals surface area contributed by atoms with E-state index in [0.717, 1.165) is 24.6 Å². The number of nitrogens with zero attached hydrogens (tertiary/aromatic N) is 2. The number of pyridine rings is 1. The van der Waals surface area contributed by atoms with Crippen LogP contribution in [-0.4, -0.2) is 24.9 Å². The van der Waals surface area contributed by atoms with E-state index in [2.05, 4.69) is 16.9 Å². The van der Waals surface area contributed by atoms with Crippen LogP contribution in [-0.2, 0) is 0 Å². The monoisotopic (exact) mass is 232 g/mol. The minimum atomic E-state index is 0.639. The molecule has 1 aliphatic carbocycles. The molecule has 1 aromatic rings. The fourth-order valence-corrected chi connectivity index (χ4v) is 2.54. The first-order chi connectivity index (χ1) is 8.29. The highest BCUT2D eigenvalue weighted by molar-refractivity contribution is 5.74. The number of carbonyl (C=O) groups is 1. The van der Waals surface area contributed by atoms with Crippen molar-refractivity contribution in [3.05, 3.63) is 23.9 Å². The molecule has 0 radical (unpaired) electrons. The summed E-state index contributed by atoms with van der Waals surface area (Å²) in [5, 5.41) is 0. The van der Waals surface area contributed by atoms with E-state index < -0.39 is 0 Å². The number of aromatic nitrogens is 1. The van der Waals surface area contributed by atoms with Crippen molar-refractivity contribution in [1.29, 1.82) is 0 Å². The van der Waals surface area contributed by atoms with Gasteiger partial charge in [-0.2, -0.15) is 0 Å². The molecule has 0 aliphatic heterocycles. The number of rotatable bonds is 4. The summed E-state index contributed by atoms with van der Waals surface area (Å²) in [6.45, 7) is 1.08. The van der Waals surface area contributed by atoms with Crippen molar-refractivity contribution in [1.82, 2.24) is 4.98 Å². The summed E-state index contributed by atoms with van der Waals surface area (Å²) in [7, 11) is 2.08. The zero-order chi connectivity index (χ0) is 12.1. The van der Waals surface area contributed by atoms with Crippen molar-refractivity contribution in [3.63, 3.8) is 0 Å². The molecule has 0 aromatic carbocycles. The second-order valence-electron chi connectivity index (χ2n) is 4.95. The molecule has 3 nitrogen and oxygen atoms in total. The van der Waals surface area contributed by atoms with Gasteiger partial charge in [-0.05, 0) is 30.9 Å². The van der Waals surface area contributed by atoms with E-state index in [1.165, 1.54) is 32.1 Å². The van der Waals surface area contributed by atoms with E-state index in [0.29, 0.717) is 5.56 Å². The number of anilines is 1. The Bertz CT molecular complexity index is 355. The van der Waals surface area contributed by atoms with Gasteiger partial charge >= 0.3 is 0 Å². The van der Waals surface area contributed by atoms with Crippen LogP contribution in [0.4, 0.5) is 5.82 Å². The maximum Gasteiger partial charge on any atom is 0.151 e. The number of aldehydes is 1. The summed E-state index contributed by atoms with van der Waals surface area (Å²) >= 11 is 0. The van der Waals surface area contributed by atoms with E-state index in [4.69, 9.17) is 0 Å². The second-order valence-corrected chi connectivity index (χ2v) is 4.95. The Hall–Kier alpha value is -1.38. The Morgan fingerprint density at radius 3 is 2.71 bits per heavy atom. The summed E-state index contributed by atoms with van der Waals surface area (Å²) in [6, 6.07) is 3.75. The van der Waals surface area contributed by atoms with E-state index in [1.54, 1.807) is 6.20 Å². The zero-order valence-corrected chi connectivity index (χ0v) is 10.4. The number of carbonyl (C=O) groups excluding carboxylic acids is 1. The Labute approximate surface area is 103 Å². The summed E-state index contributed by atoms with van der Waals surface area (Å²) in [6.07, 6.45) is 9.30. The van der Waals surface area contributed by atoms with Crippen LogP contribution >= 0.6 is 0 Å². The molecular weight excluding hydrogens is 212 g/mol. The Kier molecular flexibility index (Phi) is 4.13. The number of hydrogen-bond acceptors (Lipinski definition) is 3. The Morgan fingerprint density at radius 2 is 2.12 bits per heavy atom. The minimum absolute atomic E-state index is 0.639. The maximum atomic E-state index is 10.6. The molecule has 1 saturated carbocycles. The van der Waals surface area contributed by atoms with E-state index >= 15 is 0 Å². The summed E-state index contributed by atoms with van der Waals surface area (Å²) < 4.78 is 0. The predicted molar refractivity (Wildman–Crippen MR) is 69.5 cm³/mol. The van der Waals surface area contributed by atoms with E-state index in [-0.39, 0.29) is 0 Å². The van der Waals surface area contributed by atoms with Crippen LogP contribution in [0.25, 0.3) is 0 Å². The average Bonchev–Trinajstić information content (AvgIpc) is 2.40. The molecule has 1 aliphatic rings. The molecule has 2 rings (SSSR count). The van der Waals surface area contributed by atoms with Gasteiger partial charge in [-0.1, -0.05) is 19.3 Å². The molecule has 0 spiro atoms. The van der Waals surface area contributed by atoms with Gasteiger partial charge in [0.15, 0.2) is 6.29 Å². The fraction of sp³-hybridized carbons (Fsp3) is 0.571. The standard InChI is InChI=1S/C14H20N2O/c1-16(10-12-5-3-2-4-6-12)14-8-7-13(11-17)9-15-14/h7-9,11-12H,2-6,10H2,1H3. The third kappa shape index (κ3) is 3.29. The summed E-state index contributed by atoms with van der Waals surface area (Å²) in [5.74, 6) is 1.77. The summed E-state index contributed by atoms with van der Waals surface area (Å²) in [5.41, 5.74) is 0.639. The predicted octanol–water partition coefficient (Wildman–Crippen LogP) is 2.91. The van der Waals surface area contributed by atoms with Crippen molar-refractivity contribution < 1.29 is 4.79 Å². The molecule has 17 heavy (non-hydrogen) atoms. The molecule has 92 valence electrons. The van der Waals surface area contributed by atoms with Crippen LogP contribution in [0.1, 0.15) is 42.5 Å². The lowest BCUT2D eigenvalue weighted by molar-refractivity contribution is 0.112. The molecule has 0 atom stereocenters. The van der Waals surface area contributed by atoms with Gasteiger partial charge in [-0.15, -0.1) is 0 Å². The molecule has 0 bridgehead atoms. The van der Waals surface area contributed by atoms with Crippen LogP contribution in [0.3, 0.4) is 0 Å². The highest BCUT2D eigenvalue weighted by Gasteiger charge is 2.15. The third-order valence-corrected chi connectivity index (χ3v) is 3.55. The fourth-order valence-electron chi connectivity index (χ4n) is 2.54. The van der Waals surface area contributed by atoms with E-state index in [9.17, 15) is 4.79 Å².